The van der Waals surface area contributed by atoms with Crippen LogP contribution in [0.5, 0.6) is 0 Å². The third-order valence-electron chi connectivity index (χ3n) is 9.37. The van der Waals surface area contributed by atoms with Crippen molar-refractivity contribution in [3.63, 3.8) is 0 Å². The summed E-state index contributed by atoms with van der Waals surface area (Å²) in [7, 11) is 4.11. The summed E-state index contributed by atoms with van der Waals surface area (Å²) in [5, 5.41) is 15.3. The van der Waals surface area contributed by atoms with Crippen LogP contribution in [-0.2, 0) is 29.2 Å². The number of amides is 1. The zero-order valence-corrected chi connectivity index (χ0v) is 29.6. The van der Waals surface area contributed by atoms with Gasteiger partial charge in [-0.1, -0.05) is 36.4 Å². The first-order valence-corrected chi connectivity index (χ1v) is 17.3. The molecular formula is C38H49F4N5O4. The summed E-state index contributed by atoms with van der Waals surface area (Å²) < 4.78 is 52.9. The standard InChI is InChI=1S/C36H48FN5O2.C2HF3O2/c1-28-25-41(14-13-38-28)27-30-7-4-9-32(21-30)34-23-29(11-12-35(34)37)24-39-36(43)33-10-5-8-31(22-33)26-40-15-18-42(2,19-16-40)17-6-20-44-3;3-2(4,5)1(6)7/h4-5,7-12,21-23,28,38H,6,13-20,24-27H2,1-3H3;(H,6,7)/t28-;/m0./s1. The van der Waals surface area contributed by atoms with Gasteiger partial charge in [-0.15, -0.1) is 0 Å². The van der Waals surface area contributed by atoms with Crippen LogP contribution in [0.3, 0.4) is 0 Å². The van der Waals surface area contributed by atoms with Crippen LogP contribution in [0.1, 0.15) is 40.4 Å². The van der Waals surface area contributed by atoms with E-state index in [1.54, 1.807) is 13.2 Å². The molecule has 51 heavy (non-hydrogen) atoms. The highest BCUT2D eigenvalue weighted by Crippen LogP contribution is 2.26. The van der Waals surface area contributed by atoms with Crippen molar-refractivity contribution in [2.75, 3.05) is 73.1 Å². The molecule has 3 aromatic carbocycles. The first-order valence-electron chi connectivity index (χ1n) is 17.3. The molecule has 1 atom stereocenters. The molecule has 0 unspecified atom stereocenters. The number of alkyl halides is 3. The predicted octanol–water partition coefficient (Wildman–Crippen LogP) is 3.81. The number of hydrogen-bond acceptors (Lipinski definition) is 7. The van der Waals surface area contributed by atoms with E-state index in [1.807, 2.05) is 36.4 Å². The van der Waals surface area contributed by atoms with Gasteiger partial charge in [0.15, 0.2) is 0 Å². The Morgan fingerprint density at radius 2 is 1.63 bits per heavy atom. The number of quaternary nitrogens is 1. The van der Waals surface area contributed by atoms with Gasteiger partial charge in [-0.3, -0.25) is 14.6 Å². The zero-order chi connectivity index (χ0) is 37.0. The molecule has 2 heterocycles. The fraction of sp³-hybridized carbons (Fsp3) is 0.474. The molecule has 0 spiro atoms. The highest BCUT2D eigenvalue weighted by molar-refractivity contribution is 5.94. The number of nitrogens with one attached hydrogen (secondary N) is 2. The van der Waals surface area contributed by atoms with Gasteiger partial charge in [-0.05, 0) is 59.5 Å². The van der Waals surface area contributed by atoms with Gasteiger partial charge in [-0.2, -0.15) is 13.2 Å². The second-order valence-electron chi connectivity index (χ2n) is 13.7. The maximum absolute atomic E-state index is 15.0. The largest absolute Gasteiger partial charge is 0.542 e. The normalized spacial score (nSPS) is 18.1. The molecule has 278 valence electrons. The van der Waals surface area contributed by atoms with E-state index in [0.717, 1.165) is 99.6 Å². The first kappa shape index (κ1) is 39.9. The van der Waals surface area contributed by atoms with Gasteiger partial charge < -0.3 is 29.8 Å². The molecule has 13 heteroatoms. The molecule has 2 N–H and O–H groups in total. The fourth-order valence-corrected chi connectivity index (χ4v) is 6.47. The second-order valence-corrected chi connectivity index (χ2v) is 13.7. The topological polar surface area (TPSA) is 97.0 Å². The summed E-state index contributed by atoms with van der Waals surface area (Å²) in [6.07, 6.45) is -4.10. The number of rotatable bonds is 12. The first-order chi connectivity index (χ1) is 24.2. The van der Waals surface area contributed by atoms with Crippen molar-refractivity contribution in [1.29, 1.82) is 0 Å². The highest BCUT2D eigenvalue weighted by atomic mass is 19.4. The van der Waals surface area contributed by atoms with E-state index in [2.05, 4.69) is 52.6 Å². The van der Waals surface area contributed by atoms with Crippen LogP contribution in [0.25, 0.3) is 11.1 Å². The lowest BCUT2D eigenvalue weighted by atomic mass is 10.00. The number of nitrogens with zero attached hydrogens (tertiary/aromatic N) is 3. The molecule has 2 saturated heterocycles. The minimum atomic E-state index is -5.19. The summed E-state index contributed by atoms with van der Waals surface area (Å²) in [6.45, 7) is 13.5. The molecule has 2 aliphatic heterocycles. The fourth-order valence-electron chi connectivity index (χ4n) is 6.47. The van der Waals surface area contributed by atoms with Gasteiger partial charge in [0.1, 0.15) is 11.8 Å². The SMILES string of the molecule is COCCC[N+]1(C)CCN(Cc2cccc(C(=O)NCc3ccc(F)c(-c4cccc(CN5CCN[C@@H](C)C5)c4)c3)c2)CC1.O=C([O-])C(F)(F)F. The number of carbonyl (C=O) groups is 2. The van der Waals surface area contributed by atoms with Crippen molar-refractivity contribution in [3.8, 4) is 11.1 Å². The Morgan fingerprint density at radius 1 is 0.961 bits per heavy atom. The Balaban J connectivity index is 0.000000755. The number of carbonyl (C=O) groups excluding carboxylic acids is 2. The summed E-state index contributed by atoms with van der Waals surface area (Å²) in [4.78, 5) is 26.8. The summed E-state index contributed by atoms with van der Waals surface area (Å²) in [5.41, 5.74) is 5.26. The number of halogens is 4. The maximum atomic E-state index is 15.0. The summed E-state index contributed by atoms with van der Waals surface area (Å²) in [5.74, 6) is -3.38. The van der Waals surface area contributed by atoms with E-state index in [0.29, 0.717) is 23.7 Å². The van der Waals surface area contributed by atoms with Crippen molar-refractivity contribution in [2.24, 2.45) is 0 Å². The lowest BCUT2D eigenvalue weighted by Crippen LogP contribution is -2.57. The Hall–Kier alpha value is -3.88. The Labute approximate surface area is 297 Å². The van der Waals surface area contributed by atoms with Crippen molar-refractivity contribution in [3.05, 3.63) is 94.8 Å². The summed E-state index contributed by atoms with van der Waals surface area (Å²) in [6, 6.07) is 21.7. The number of likely N-dealkylation sites (N-methyl/N-ethyl adjacent to an activating group) is 1. The van der Waals surface area contributed by atoms with Crippen molar-refractivity contribution < 1.29 is 41.5 Å². The van der Waals surface area contributed by atoms with Crippen molar-refractivity contribution in [1.82, 2.24) is 20.4 Å². The number of carboxylic acids is 1. The number of piperazine rings is 2. The number of methoxy groups -OCH3 is 1. The van der Waals surface area contributed by atoms with Crippen LogP contribution in [-0.4, -0.2) is 111 Å². The molecule has 2 fully saturated rings. The average molecular weight is 716 g/mol. The van der Waals surface area contributed by atoms with E-state index in [1.165, 1.54) is 11.6 Å². The molecule has 5 rings (SSSR count). The van der Waals surface area contributed by atoms with E-state index >= 15 is 0 Å². The number of benzene rings is 3. The molecule has 0 bridgehead atoms. The highest BCUT2D eigenvalue weighted by Gasteiger charge is 2.29. The monoisotopic (exact) mass is 715 g/mol. The van der Waals surface area contributed by atoms with Gasteiger partial charge in [0.2, 0.25) is 0 Å². The Morgan fingerprint density at radius 3 is 2.29 bits per heavy atom. The van der Waals surface area contributed by atoms with Crippen molar-refractivity contribution in [2.45, 2.75) is 45.2 Å². The predicted molar refractivity (Wildman–Crippen MR) is 186 cm³/mol. The van der Waals surface area contributed by atoms with Gasteiger partial charge in [-0.25, -0.2) is 4.39 Å². The third kappa shape index (κ3) is 12.7. The second kappa shape index (κ2) is 18.6. The molecule has 1 amide bonds. The minimum Gasteiger partial charge on any atom is -0.542 e. The van der Waals surface area contributed by atoms with Crippen LogP contribution in [0.4, 0.5) is 17.6 Å². The lowest BCUT2D eigenvalue weighted by Gasteiger charge is -2.42. The van der Waals surface area contributed by atoms with Crippen LogP contribution < -0.4 is 15.7 Å². The van der Waals surface area contributed by atoms with Crippen molar-refractivity contribution >= 4 is 11.9 Å². The van der Waals surface area contributed by atoms with E-state index < -0.39 is 12.1 Å². The average Bonchev–Trinajstić information content (AvgIpc) is 3.09. The smallest absolute Gasteiger partial charge is 0.430 e. The number of hydrogen-bond donors (Lipinski definition) is 2. The lowest BCUT2D eigenvalue weighted by molar-refractivity contribution is -0.914. The molecule has 0 saturated carbocycles. The number of carboxylic acid groups (broad SMARTS) is 1. The number of aliphatic carboxylic acids is 1. The van der Waals surface area contributed by atoms with Crippen LogP contribution >= 0.6 is 0 Å². The summed E-state index contributed by atoms with van der Waals surface area (Å²) >= 11 is 0. The molecule has 2 aliphatic rings. The molecule has 0 aromatic heterocycles. The van der Waals surface area contributed by atoms with Gasteiger partial charge in [0.25, 0.3) is 5.91 Å². The molecule has 0 radical (unpaired) electrons. The van der Waals surface area contributed by atoms with Gasteiger partial charge >= 0.3 is 6.18 Å². The van der Waals surface area contributed by atoms with Crippen LogP contribution in [0.15, 0.2) is 66.7 Å². The zero-order valence-electron chi connectivity index (χ0n) is 29.6. The van der Waals surface area contributed by atoms with Gasteiger partial charge in [0.05, 0.1) is 33.3 Å². The quantitative estimate of drug-likeness (QED) is 0.167. The van der Waals surface area contributed by atoms with E-state index in [4.69, 9.17) is 14.6 Å². The van der Waals surface area contributed by atoms with Crippen LogP contribution in [0, 0.1) is 5.82 Å². The van der Waals surface area contributed by atoms with Crippen LogP contribution in [0.2, 0.25) is 0 Å². The Kier molecular flexibility index (Phi) is 14.5. The molecular weight excluding hydrogens is 666 g/mol. The van der Waals surface area contributed by atoms with E-state index in [9.17, 15) is 22.4 Å². The third-order valence-corrected chi connectivity index (χ3v) is 9.37. The Bertz CT molecular complexity index is 1600. The molecule has 0 aliphatic carbocycles. The molecule has 3 aromatic rings. The number of ether oxygens (including phenoxy) is 1. The van der Waals surface area contributed by atoms with Gasteiger partial charge in [0, 0.05) is 83.1 Å². The maximum Gasteiger partial charge on any atom is 0.430 e. The molecule has 9 nitrogen and oxygen atoms in total. The minimum absolute atomic E-state index is 0.119. The van der Waals surface area contributed by atoms with E-state index in [-0.39, 0.29) is 11.7 Å².